The number of pyridine rings is 1. The lowest BCUT2D eigenvalue weighted by atomic mass is 10.1. The second-order valence-corrected chi connectivity index (χ2v) is 5.63. The molecule has 0 amide bonds. The molecule has 0 bridgehead atoms. The third-order valence-electron chi connectivity index (χ3n) is 3.02. The van der Waals surface area contributed by atoms with Crippen LogP contribution in [0.5, 0.6) is 5.88 Å². The monoisotopic (exact) mass is 344 g/mol. The average molecular weight is 345 g/mol. The minimum Gasteiger partial charge on any atom is -0.494 e. The Labute approximate surface area is 140 Å². The number of nitrogens with zero attached hydrogens (tertiary/aromatic N) is 3. The van der Waals surface area contributed by atoms with Gasteiger partial charge in [-0.1, -0.05) is 11.6 Å². The second kappa shape index (κ2) is 7.01. The van der Waals surface area contributed by atoms with Gasteiger partial charge < -0.3 is 5.11 Å². The van der Waals surface area contributed by atoms with E-state index in [0.29, 0.717) is 21.2 Å². The molecule has 0 aliphatic rings. The zero-order chi connectivity index (χ0) is 17.0. The summed E-state index contributed by atoms with van der Waals surface area (Å²) < 4.78 is 0. The first-order valence-electron chi connectivity index (χ1n) is 6.23. The number of halogens is 1. The molecule has 1 heterocycles. The zero-order valence-corrected chi connectivity index (χ0v) is 13.4. The van der Waals surface area contributed by atoms with Gasteiger partial charge in [-0.15, -0.1) is 0 Å². The number of thiocyanates is 1. The van der Waals surface area contributed by atoms with Crippen molar-refractivity contribution >= 4 is 35.3 Å². The van der Waals surface area contributed by atoms with Crippen LogP contribution in [0.3, 0.4) is 0 Å². The molecule has 2 aromatic rings. The van der Waals surface area contributed by atoms with Crippen molar-refractivity contribution < 1.29 is 5.11 Å². The molecule has 2 N–H and O–H groups in total. The van der Waals surface area contributed by atoms with Gasteiger partial charge in [0.25, 0.3) is 5.56 Å². The van der Waals surface area contributed by atoms with Gasteiger partial charge in [0.15, 0.2) is 0 Å². The molecule has 114 valence electrons. The number of aromatic amines is 1. The minimum absolute atomic E-state index is 0.0805. The predicted molar refractivity (Wildman–Crippen MR) is 88.4 cm³/mol. The van der Waals surface area contributed by atoms with Gasteiger partial charge in [-0.25, -0.2) is 0 Å². The van der Waals surface area contributed by atoms with Gasteiger partial charge >= 0.3 is 0 Å². The predicted octanol–water partition coefficient (Wildman–Crippen LogP) is 3.24. The zero-order valence-electron chi connectivity index (χ0n) is 11.8. The number of rotatable bonds is 3. The van der Waals surface area contributed by atoms with Crippen LogP contribution < -0.4 is 5.56 Å². The van der Waals surface area contributed by atoms with E-state index in [1.807, 2.05) is 5.40 Å². The molecule has 6 nitrogen and oxygen atoms in total. The molecule has 8 heteroatoms. The van der Waals surface area contributed by atoms with Gasteiger partial charge in [0.2, 0.25) is 5.88 Å². The summed E-state index contributed by atoms with van der Waals surface area (Å²) in [6.45, 7) is 1.55. The first-order chi connectivity index (χ1) is 11.0. The van der Waals surface area contributed by atoms with Gasteiger partial charge in [-0.2, -0.15) is 10.5 Å². The molecule has 0 saturated heterocycles. The lowest BCUT2D eigenvalue weighted by molar-refractivity contribution is 0.450. The fraction of sp³-hybridized carbons (Fsp3) is 0.0667. The normalized spacial score (nSPS) is 10.4. The summed E-state index contributed by atoms with van der Waals surface area (Å²) in [5.74, 6) is -0.363. The fourth-order valence-corrected chi connectivity index (χ4v) is 2.53. The Bertz CT molecular complexity index is 938. The van der Waals surface area contributed by atoms with Gasteiger partial charge in [0, 0.05) is 11.1 Å². The average Bonchev–Trinajstić information content (AvgIpc) is 2.50. The fourth-order valence-electron chi connectivity index (χ4n) is 1.85. The highest BCUT2D eigenvalue weighted by Gasteiger charge is 2.12. The number of aliphatic imine (C=N–C) groups is 1. The molecule has 0 spiro atoms. The molecule has 0 saturated carbocycles. The van der Waals surface area contributed by atoms with Crippen LogP contribution in [0.4, 0.5) is 5.69 Å². The molecule has 0 unspecified atom stereocenters. The van der Waals surface area contributed by atoms with Crippen molar-refractivity contribution in [2.24, 2.45) is 4.99 Å². The van der Waals surface area contributed by atoms with Crippen LogP contribution >= 0.6 is 23.4 Å². The summed E-state index contributed by atoms with van der Waals surface area (Å²) in [4.78, 5) is 18.5. The molecule has 2 rings (SSSR count). The SMILES string of the molecule is Cc1c(C=Nc2ccc(SC#N)c(Cl)c2)c(O)[nH]c(=O)c1C#N. The Morgan fingerprint density at radius 3 is 2.78 bits per heavy atom. The maximum absolute atomic E-state index is 11.5. The number of hydrogen-bond donors (Lipinski definition) is 2. The number of nitriles is 2. The highest BCUT2D eigenvalue weighted by molar-refractivity contribution is 8.03. The van der Waals surface area contributed by atoms with Crippen LogP contribution in [0.2, 0.25) is 5.02 Å². The smallest absolute Gasteiger partial charge is 0.268 e. The third kappa shape index (κ3) is 3.54. The topological polar surface area (TPSA) is 113 Å². The first-order valence-corrected chi connectivity index (χ1v) is 7.43. The number of nitrogens with one attached hydrogen (secondary N) is 1. The Hall–Kier alpha value is -2.74. The van der Waals surface area contributed by atoms with Gasteiger partial charge in [-0.3, -0.25) is 14.8 Å². The van der Waals surface area contributed by atoms with E-state index in [2.05, 4.69) is 9.98 Å². The van der Waals surface area contributed by atoms with Crippen molar-refractivity contribution in [3.8, 4) is 17.4 Å². The van der Waals surface area contributed by atoms with Crippen LogP contribution in [0.15, 0.2) is 32.9 Å². The van der Waals surface area contributed by atoms with Crippen LogP contribution in [0.1, 0.15) is 16.7 Å². The van der Waals surface area contributed by atoms with Crippen molar-refractivity contribution in [3.63, 3.8) is 0 Å². The summed E-state index contributed by atoms with van der Waals surface area (Å²) in [5, 5.41) is 29.7. The number of H-pyrrole nitrogens is 1. The molecule has 0 fully saturated rings. The molecule has 23 heavy (non-hydrogen) atoms. The van der Waals surface area contributed by atoms with E-state index in [-0.39, 0.29) is 17.0 Å². The van der Waals surface area contributed by atoms with Crippen LogP contribution in [-0.4, -0.2) is 16.3 Å². The van der Waals surface area contributed by atoms with Crippen molar-refractivity contribution in [1.82, 2.24) is 4.98 Å². The first kappa shape index (κ1) is 16.6. The summed E-state index contributed by atoms with van der Waals surface area (Å²) >= 11 is 6.98. The summed E-state index contributed by atoms with van der Waals surface area (Å²) in [6, 6.07) is 6.67. The molecule has 0 radical (unpaired) electrons. The van der Waals surface area contributed by atoms with Crippen molar-refractivity contribution in [1.29, 1.82) is 10.5 Å². The number of benzene rings is 1. The van der Waals surface area contributed by atoms with Crippen LogP contribution in [0.25, 0.3) is 0 Å². The standard InChI is InChI=1S/C15H9ClN4O2S/c1-8-10(5-17)14(21)20-15(22)11(8)6-19-9-2-3-13(23-7-18)12(16)4-9/h2-4,6H,1H3,(H2,20,21,22). The lowest BCUT2D eigenvalue weighted by Crippen LogP contribution is -2.14. The number of aromatic nitrogens is 1. The molecular formula is C15H9ClN4O2S. The van der Waals surface area contributed by atoms with Crippen LogP contribution in [0, 0.1) is 28.9 Å². The summed E-state index contributed by atoms with van der Waals surface area (Å²) in [6.07, 6.45) is 1.34. The van der Waals surface area contributed by atoms with E-state index in [4.69, 9.17) is 22.1 Å². The summed E-state index contributed by atoms with van der Waals surface area (Å²) in [7, 11) is 0. The molecular weight excluding hydrogens is 336 g/mol. The third-order valence-corrected chi connectivity index (χ3v) is 4.11. The molecule has 1 aromatic heterocycles. The van der Waals surface area contributed by atoms with Crippen molar-refractivity contribution in [3.05, 3.63) is 50.3 Å². The Morgan fingerprint density at radius 1 is 1.43 bits per heavy atom. The highest BCUT2D eigenvalue weighted by atomic mass is 35.5. The Morgan fingerprint density at radius 2 is 2.17 bits per heavy atom. The Kier molecular flexibility index (Phi) is 5.07. The number of aromatic hydroxyl groups is 1. The van der Waals surface area contributed by atoms with Crippen molar-refractivity contribution in [2.45, 2.75) is 11.8 Å². The van der Waals surface area contributed by atoms with E-state index in [0.717, 1.165) is 11.8 Å². The minimum atomic E-state index is -0.652. The number of thioether (sulfide) groups is 1. The Balaban J connectivity index is 2.42. The van der Waals surface area contributed by atoms with Crippen molar-refractivity contribution in [2.75, 3.05) is 0 Å². The van der Waals surface area contributed by atoms with Gasteiger partial charge in [-0.05, 0) is 42.4 Å². The lowest BCUT2D eigenvalue weighted by Gasteiger charge is -2.05. The maximum Gasteiger partial charge on any atom is 0.268 e. The van der Waals surface area contributed by atoms with E-state index < -0.39 is 5.56 Å². The van der Waals surface area contributed by atoms with Crippen LogP contribution in [-0.2, 0) is 0 Å². The number of hydrogen-bond acceptors (Lipinski definition) is 6. The second-order valence-electron chi connectivity index (χ2n) is 4.39. The van der Waals surface area contributed by atoms with E-state index in [1.165, 1.54) is 6.21 Å². The van der Waals surface area contributed by atoms with E-state index in [1.54, 1.807) is 31.2 Å². The van der Waals surface area contributed by atoms with E-state index >= 15 is 0 Å². The largest absolute Gasteiger partial charge is 0.494 e. The van der Waals surface area contributed by atoms with Gasteiger partial charge in [0.05, 0.1) is 16.3 Å². The van der Waals surface area contributed by atoms with E-state index in [9.17, 15) is 9.90 Å². The summed E-state index contributed by atoms with van der Waals surface area (Å²) in [5.41, 5.74) is 0.345. The molecule has 1 aromatic carbocycles. The maximum atomic E-state index is 11.5. The molecule has 0 aliphatic heterocycles. The highest BCUT2D eigenvalue weighted by Crippen LogP contribution is 2.30. The van der Waals surface area contributed by atoms with Gasteiger partial charge in [0.1, 0.15) is 17.0 Å². The molecule has 0 aliphatic carbocycles. The molecule has 0 atom stereocenters. The quantitative estimate of drug-likeness (QED) is 0.504.